The molecule has 1 aromatic rings. The fraction of sp³-hybridized carbons (Fsp3) is 0.615. The molecule has 1 fully saturated rings. The first-order valence-corrected chi connectivity index (χ1v) is 6.39. The SMILES string of the molecule is OCCCN(c1ncc(F)cc1CO)C1CCC1. The Kier molecular flexibility index (Phi) is 4.49. The number of anilines is 1. The summed E-state index contributed by atoms with van der Waals surface area (Å²) in [6.45, 7) is 0.591. The smallest absolute Gasteiger partial charge is 0.142 e. The van der Waals surface area contributed by atoms with Crippen molar-refractivity contribution in [1.82, 2.24) is 4.98 Å². The normalized spacial score (nSPS) is 15.5. The van der Waals surface area contributed by atoms with Crippen LogP contribution in [0.1, 0.15) is 31.2 Å². The molecule has 0 aliphatic heterocycles. The summed E-state index contributed by atoms with van der Waals surface area (Å²) in [7, 11) is 0. The summed E-state index contributed by atoms with van der Waals surface area (Å²) in [6, 6.07) is 1.73. The fourth-order valence-electron chi connectivity index (χ4n) is 2.25. The van der Waals surface area contributed by atoms with Gasteiger partial charge in [-0.25, -0.2) is 9.37 Å². The highest BCUT2D eigenvalue weighted by Gasteiger charge is 2.27. The Bertz CT molecular complexity index is 397. The van der Waals surface area contributed by atoms with Crippen molar-refractivity contribution < 1.29 is 14.6 Å². The van der Waals surface area contributed by atoms with E-state index < -0.39 is 5.82 Å². The molecule has 0 aromatic carbocycles. The first-order valence-electron chi connectivity index (χ1n) is 6.39. The van der Waals surface area contributed by atoms with Crippen molar-refractivity contribution in [2.45, 2.75) is 38.3 Å². The van der Waals surface area contributed by atoms with Crippen molar-refractivity contribution in [1.29, 1.82) is 0 Å². The van der Waals surface area contributed by atoms with Crippen LogP contribution in [-0.4, -0.2) is 34.4 Å². The third kappa shape index (κ3) is 2.79. The third-order valence-corrected chi connectivity index (χ3v) is 3.42. The number of aromatic nitrogens is 1. The van der Waals surface area contributed by atoms with Crippen LogP contribution >= 0.6 is 0 Å². The number of aliphatic hydroxyl groups is 2. The Morgan fingerprint density at radius 2 is 2.17 bits per heavy atom. The summed E-state index contributed by atoms with van der Waals surface area (Å²) >= 11 is 0. The van der Waals surface area contributed by atoms with Gasteiger partial charge in [-0.05, 0) is 31.7 Å². The average molecular weight is 254 g/mol. The number of pyridine rings is 1. The molecule has 0 saturated heterocycles. The van der Waals surface area contributed by atoms with Crippen LogP contribution in [0, 0.1) is 5.82 Å². The van der Waals surface area contributed by atoms with E-state index in [1.54, 1.807) is 0 Å². The Morgan fingerprint density at radius 1 is 1.39 bits per heavy atom. The molecule has 100 valence electrons. The molecular formula is C13H19FN2O2. The lowest BCUT2D eigenvalue weighted by atomic mass is 9.91. The lowest BCUT2D eigenvalue weighted by Crippen LogP contribution is -2.42. The minimum absolute atomic E-state index is 0.124. The zero-order valence-corrected chi connectivity index (χ0v) is 10.3. The van der Waals surface area contributed by atoms with Gasteiger partial charge >= 0.3 is 0 Å². The van der Waals surface area contributed by atoms with Crippen molar-refractivity contribution >= 4 is 5.82 Å². The van der Waals surface area contributed by atoms with Gasteiger partial charge in [-0.1, -0.05) is 0 Å². The third-order valence-electron chi connectivity index (χ3n) is 3.42. The van der Waals surface area contributed by atoms with Gasteiger partial charge in [0.05, 0.1) is 12.8 Å². The molecule has 1 aliphatic rings. The Labute approximate surface area is 106 Å². The Hall–Kier alpha value is -1.20. The standard InChI is InChI=1S/C13H19FN2O2/c14-11-7-10(9-18)13(15-8-11)16(5-2-6-17)12-3-1-4-12/h7-8,12,17-18H,1-6,9H2. The predicted molar refractivity (Wildman–Crippen MR) is 66.8 cm³/mol. The molecule has 2 rings (SSSR count). The number of hydrogen-bond acceptors (Lipinski definition) is 4. The van der Waals surface area contributed by atoms with Gasteiger partial charge in [0.2, 0.25) is 0 Å². The van der Waals surface area contributed by atoms with E-state index in [2.05, 4.69) is 9.88 Å². The van der Waals surface area contributed by atoms with E-state index in [9.17, 15) is 9.50 Å². The van der Waals surface area contributed by atoms with Gasteiger partial charge < -0.3 is 15.1 Å². The van der Waals surface area contributed by atoms with Crippen LogP contribution in [0.3, 0.4) is 0 Å². The molecule has 18 heavy (non-hydrogen) atoms. The molecule has 0 bridgehead atoms. The number of rotatable bonds is 6. The number of hydrogen-bond donors (Lipinski definition) is 2. The largest absolute Gasteiger partial charge is 0.396 e. The molecular weight excluding hydrogens is 235 g/mol. The lowest BCUT2D eigenvalue weighted by Gasteiger charge is -2.39. The predicted octanol–water partition coefficient (Wildman–Crippen LogP) is 1.45. The van der Waals surface area contributed by atoms with Gasteiger partial charge in [0.15, 0.2) is 0 Å². The molecule has 1 heterocycles. The summed E-state index contributed by atoms with van der Waals surface area (Å²) in [5.41, 5.74) is 0.514. The molecule has 0 unspecified atom stereocenters. The quantitative estimate of drug-likeness (QED) is 0.807. The first-order chi connectivity index (χ1) is 8.76. The van der Waals surface area contributed by atoms with Crippen molar-refractivity contribution in [2.75, 3.05) is 18.1 Å². The van der Waals surface area contributed by atoms with Crippen LogP contribution in [0.15, 0.2) is 12.3 Å². The van der Waals surface area contributed by atoms with E-state index in [1.807, 2.05) is 0 Å². The molecule has 1 aliphatic carbocycles. The molecule has 0 radical (unpaired) electrons. The lowest BCUT2D eigenvalue weighted by molar-refractivity contribution is 0.275. The van der Waals surface area contributed by atoms with Gasteiger partial charge in [0, 0.05) is 24.8 Å². The molecule has 0 amide bonds. The van der Waals surface area contributed by atoms with Gasteiger partial charge in [-0.3, -0.25) is 0 Å². The second-order valence-electron chi connectivity index (χ2n) is 4.65. The maximum Gasteiger partial charge on any atom is 0.142 e. The molecule has 5 heteroatoms. The van der Waals surface area contributed by atoms with E-state index in [4.69, 9.17) is 5.11 Å². The van der Waals surface area contributed by atoms with Gasteiger partial charge in [0.25, 0.3) is 0 Å². The number of nitrogens with zero attached hydrogens (tertiary/aromatic N) is 2. The van der Waals surface area contributed by atoms with E-state index >= 15 is 0 Å². The second-order valence-corrected chi connectivity index (χ2v) is 4.65. The van der Waals surface area contributed by atoms with Crippen LogP contribution in [0.4, 0.5) is 10.2 Å². The molecule has 0 spiro atoms. The van der Waals surface area contributed by atoms with Crippen LogP contribution in [-0.2, 0) is 6.61 Å². The molecule has 4 nitrogen and oxygen atoms in total. The monoisotopic (exact) mass is 254 g/mol. The van der Waals surface area contributed by atoms with E-state index in [1.165, 1.54) is 18.7 Å². The van der Waals surface area contributed by atoms with Crippen molar-refractivity contribution in [3.63, 3.8) is 0 Å². The molecule has 0 atom stereocenters. The minimum atomic E-state index is -0.432. The topological polar surface area (TPSA) is 56.6 Å². The zero-order valence-electron chi connectivity index (χ0n) is 10.3. The maximum absolute atomic E-state index is 13.1. The molecule has 2 N–H and O–H groups in total. The van der Waals surface area contributed by atoms with E-state index in [0.29, 0.717) is 30.4 Å². The van der Waals surface area contributed by atoms with Crippen LogP contribution in [0.2, 0.25) is 0 Å². The first kappa shape index (κ1) is 13.2. The van der Waals surface area contributed by atoms with Crippen LogP contribution < -0.4 is 4.90 Å². The van der Waals surface area contributed by atoms with Crippen molar-refractivity contribution in [3.8, 4) is 0 Å². The maximum atomic E-state index is 13.1. The summed E-state index contributed by atoms with van der Waals surface area (Å²) < 4.78 is 13.1. The fourth-order valence-corrected chi connectivity index (χ4v) is 2.25. The summed E-state index contributed by atoms with van der Waals surface area (Å²) in [5.74, 6) is 0.218. The van der Waals surface area contributed by atoms with Crippen LogP contribution in [0.25, 0.3) is 0 Å². The van der Waals surface area contributed by atoms with Gasteiger partial charge in [-0.15, -0.1) is 0 Å². The van der Waals surface area contributed by atoms with E-state index in [0.717, 1.165) is 12.8 Å². The highest BCUT2D eigenvalue weighted by Crippen LogP contribution is 2.30. The highest BCUT2D eigenvalue weighted by molar-refractivity contribution is 5.48. The Balaban J connectivity index is 2.22. The van der Waals surface area contributed by atoms with Crippen molar-refractivity contribution in [2.24, 2.45) is 0 Å². The highest BCUT2D eigenvalue weighted by atomic mass is 19.1. The summed E-state index contributed by atoms with van der Waals surface area (Å²) in [5, 5.41) is 18.3. The van der Waals surface area contributed by atoms with E-state index in [-0.39, 0.29) is 13.2 Å². The average Bonchev–Trinajstić information content (AvgIpc) is 2.32. The Morgan fingerprint density at radius 3 is 2.72 bits per heavy atom. The summed E-state index contributed by atoms with van der Waals surface area (Å²) in [4.78, 5) is 6.20. The number of halogens is 1. The van der Waals surface area contributed by atoms with Crippen molar-refractivity contribution in [3.05, 3.63) is 23.6 Å². The minimum Gasteiger partial charge on any atom is -0.396 e. The van der Waals surface area contributed by atoms with Gasteiger partial charge in [0.1, 0.15) is 11.6 Å². The molecule has 1 aromatic heterocycles. The van der Waals surface area contributed by atoms with Gasteiger partial charge in [-0.2, -0.15) is 0 Å². The summed E-state index contributed by atoms with van der Waals surface area (Å²) in [6.07, 6.45) is 5.21. The molecule has 1 saturated carbocycles. The second kappa shape index (κ2) is 6.11. The zero-order chi connectivity index (χ0) is 13.0. The number of aliphatic hydroxyl groups excluding tert-OH is 2. The van der Waals surface area contributed by atoms with Crippen LogP contribution in [0.5, 0.6) is 0 Å².